The van der Waals surface area contributed by atoms with Crippen LogP contribution in [-0.4, -0.2) is 57.3 Å². The summed E-state index contributed by atoms with van der Waals surface area (Å²) in [6, 6.07) is 1.13. The molecule has 1 aliphatic rings. The van der Waals surface area contributed by atoms with Gasteiger partial charge in [0, 0.05) is 38.8 Å². The molecule has 2 rings (SSSR count). The van der Waals surface area contributed by atoms with Gasteiger partial charge in [-0.3, -0.25) is 4.68 Å². The first-order chi connectivity index (χ1) is 10.6. The maximum atomic E-state index is 4.62. The normalized spacial score (nSPS) is 17.2. The first-order valence-corrected chi connectivity index (χ1v) is 8.22. The Balaban J connectivity index is 0.00000264. The third kappa shape index (κ3) is 6.25. The number of piperidine rings is 1. The molecule has 7 nitrogen and oxygen atoms in total. The number of nitrogens with one attached hydrogen (secondary N) is 2. The van der Waals surface area contributed by atoms with Gasteiger partial charge in [-0.25, -0.2) is 9.98 Å². The fourth-order valence-electron chi connectivity index (χ4n) is 2.69. The fourth-order valence-corrected chi connectivity index (χ4v) is 2.69. The zero-order chi connectivity index (χ0) is 15.9. The number of nitrogens with zero attached hydrogens (tertiary/aromatic N) is 5. The van der Waals surface area contributed by atoms with Crippen molar-refractivity contribution in [3.63, 3.8) is 0 Å². The summed E-state index contributed by atoms with van der Waals surface area (Å²) in [7, 11) is 1.89. The van der Waals surface area contributed by atoms with Crippen molar-refractivity contribution in [3.8, 4) is 0 Å². The van der Waals surface area contributed by atoms with Crippen LogP contribution in [0.3, 0.4) is 0 Å². The molecule has 0 amide bonds. The van der Waals surface area contributed by atoms with Crippen molar-refractivity contribution >= 4 is 29.9 Å². The van der Waals surface area contributed by atoms with Crippen LogP contribution in [0.15, 0.2) is 11.3 Å². The number of aromatic nitrogens is 3. The summed E-state index contributed by atoms with van der Waals surface area (Å²) >= 11 is 0. The van der Waals surface area contributed by atoms with Crippen LogP contribution in [0.25, 0.3) is 0 Å². The Bertz CT molecular complexity index is 478. The fraction of sp³-hybridized carbons (Fsp3) is 0.800. The van der Waals surface area contributed by atoms with Crippen molar-refractivity contribution in [2.75, 3.05) is 19.6 Å². The lowest BCUT2D eigenvalue weighted by Crippen LogP contribution is -2.49. The summed E-state index contributed by atoms with van der Waals surface area (Å²) in [5, 5.41) is 10.9. The van der Waals surface area contributed by atoms with E-state index in [1.54, 1.807) is 11.0 Å². The van der Waals surface area contributed by atoms with Crippen molar-refractivity contribution in [1.29, 1.82) is 0 Å². The van der Waals surface area contributed by atoms with Crippen LogP contribution in [0.4, 0.5) is 0 Å². The molecule has 1 fully saturated rings. The highest BCUT2D eigenvalue weighted by Gasteiger charge is 2.21. The van der Waals surface area contributed by atoms with Gasteiger partial charge in [-0.2, -0.15) is 5.10 Å². The molecule has 0 bridgehead atoms. The molecule has 0 saturated carbocycles. The maximum absolute atomic E-state index is 4.62. The Morgan fingerprint density at radius 2 is 2.09 bits per heavy atom. The number of aliphatic imine (C=N–C) groups is 1. The van der Waals surface area contributed by atoms with Gasteiger partial charge in [0.05, 0.1) is 0 Å². The second-order valence-corrected chi connectivity index (χ2v) is 6.04. The van der Waals surface area contributed by atoms with E-state index in [1.807, 2.05) is 7.05 Å². The van der Waals surface area contributed by atoms with Gasteiger partial charge >= 0.3 is 0 Å². The smallest absolute Gasteiger partial charge is 0.191 e. The van der Waals surface area contributed by atoms with Gasteiger partial charge in [-0.1, -0.05) is 0 Å². The highest BCUT2D eigenvalue weighted by atomic mass is 127. The topological polar surface area (TPSA) is 70.4 Å². The van der Waals surface area contributed by atoms with Gasteiger partial charge in [-0.05, 0) is 33.6 Å². The number of hydrogen-bond acceptors (Lipinski definition) is 4. The van der Waals surface area contributed by atoms with Crippen LogP contribution >= 0.6 is 24.0 Å². The van der Waals surface area contributed by atoms with Crippen molar-refractivity contribution in [3.05, 3.63) is 12.2 Å². The summed E-state index contributed by atoms with van der Waals surface area (Å²) in [5.74, 6) is 1.74. The molecule has 0 aliphatic carbocycles. The van der Waals surface area contributed by atoms with Crippen LogP contribution in [0.1, 0.15) is 39.4 Å². The second kappa shape index (κ2) is 10.1. The summed E-state index contributed by atoms with van der Waals surface area (Å²) < 4.78 is 1.76. The first-order valence-electron chi connectivity index (χ1n) is 8.22. The molecule has 1 saturated heterocycles. The molecule has 0 spiro atoms. The standard InChI is InChI=1S/C15H29N7.HI/c1-5-16-15(17-10-14-18-11-19-21(14)4)20-13-6-8-22(9-7-13)12(2)3;/h11-13H,5-10H2,1-4H3,(H2,16,17,20);1H. The monoisotopic (exact) mass is 435 g/mol. The van der Waals surface area contributed by atoms with E-state index in [0.717, 1.165) is 44.3 Å². The van der Waals surface area contributed by atoms with Crippen LogP contribution in [0.2, 0.25) is 0 Å². The molecule has 23 heavy (non-hydrogen) atoms. The molecule has 1 aromatic heterocycles. The van der Waals surface area contributed by atoms with E-state index in [4.69, 9.17) is 0 Å². The summed E-state index contributed by atoms with van der Waals surface area (Å²) in [5.41, 5.74) is 0. The zero-order valence-electron chi connectivity index (χ0n) is 14.6. The number of hydrogen-bond donors (Lipinski definition) is 2. The van der Waals surface area contributed by atoms with E-state index in [1.165, 1.54) is 0 Å². The van der Waals surface area contributed by atoms with Crippen LogP contribution in [0.5, 0.6) is 0 Å². The summed E-state index contributed by atoms with van der Waals surface area (Å²) in [6.45, 7) is 10.3. The lowest BCUT2D eigenvalue weighted by Gasteiger charge is -2.35. The Labute approximate surface area is 156 Å². The highest BCUT2D eigenvalue weighted by Crippen LogP contribution is 2.12. The van der Waals surface area contributed by atoms with Gasteiger partial charge in [0.2, 0.25) is 0 Å². The van der Waals surface area contributed by atoms with Crippen molar-refractivity contribution in [1.82, 2.24) is 30.3 Å². The average Bonchev–Trinajstić information content (AvgIpc) is 2.91. The van der Waals surface area contributed by atoms with Gasteiger partial charge in [0.15, 0.2) is 5.96 Å². The summed E-state index contributed by atoms with van der Waals surface area (Å²) in [4.78, 5) is 11.4. The Kier molecular flexibility index (Phi) is 8.82. The predicted molar refractivity (Wildman–Crippen MR) is 104 cm³/mol. The Morgan fingerprint density at radius 1 is 1.39 bits per heavy atom. The quantitative estimate of drug-likeness (QED) is 0.415. The van der Waals surface area contributed by atoms with Crippen molar-refractivity contribution in [2.45, 2.75) is 52.2 Å². The molecule has 8 heteroatoms. The minimum atomic E-state index is 0. The van der Waals surface area contributed by atoms with E-state index in [0.29, 0.717) is 18.6 Å². The lowest BCUT2D eigenvalue weighted by molar-refractivity contribution is 0.167. The largest absolute Gasteiger partial charge is 0.357 e. The number of guanidine groups is 1. The van der Waals surface area contributed by atoms with Crippen molar-refractivity contribution in [2.24, 2.45) is 12.0 Å². The first kappa shape index (κ1) is 20.1. The number of halogens is 1. The van der Waals surface area contributed by atoms with Gasteiger partial charge in [0.25, 0.3) is 0 Å². The molecule has 0 radical (unpaired) electrons. The van der Waals surface area contributed by atoms with E-state index < -0.39 is 0 Å². The van der Waals surface area contributed by atoms with Gasteiger partial charge in [-0.15, -0.1) is 24.0 Å². The number of likely N-dealkylation sites (tertiary alicyclic amines) is 1. The number of aryl methyl sites for hydroxylation is 1. The molecular weight excluding hydrogens is 405 g/mol. The third-order valence-corrected chi connectivity index (χ3v) is 4.13. The van der Waals surface area contributed by atoms with E-state index in [-0.39, 0.29) is 24.0 Å². The molecule has 2 N–H and O–H groups in total. The van der Waals surface area contributed by atoms with Crippen molar-refractivity contribution < 1.29 is 0 Å². The minimum Gasteiger partial charge on any atom is -0.357 e. The second-order valence-electron chi connectivity index (χ2n) is 6.04. The Hall–Kier alpha value is -0.900. The minimum absolute atomic E-state index is 0. The van der Waals surface area contributed by atoms with E-state index in [2.05, 4.69) is 51.4 Å². The van der Waals surface area contributed by atoms with E-state index in [9.17, 15) is 0 Å². The Morgan fingerprint density at radius 3 is 2.61 bits per heavy atom. The average molecular weight is 435 g/mol. The SMILES string of the molecule is CCNC(=NCc1ncnn1C)NC1CCN(C(C)C)CC1.I. The molecule has 0 unspecified atom stereocenters. The molecular formula is C15H30IN7. The van der Waals surface area contributed by atoms with Crippen LogP contribution < -0.4 is 10.6 Å². The van der Waals surface area contributed by atoms with Crippen LogP contribution in [-0.2, 0) is 13.6 Å². The lowest BCUT2D eigenvalue weighted by atomic mass is 10.0. The predicted octanol–water partition coefficient (Wildman–Crippen LogP) is 1.36. The molecule has 132 valence electrons. The number of rotatable bonds is 5. The van der Waals surface area contributed by atoms with Gasteiger partial charge in [0.1, 0.15) is 18.7 Å². The zero-order valence-corrected chi connectivity index (χ0v) is 16.9. The molecule has 0 aromatic carbocycles. The molecule has 2 heterocycles. The van der Waals surface area contributed by atoms with E-state index >= 15 is 0 Å². The van der Waals surface area contributed by atoms with Crippen LogP contribution in [0, 0.1) is 0 Å². The highest BCUT2D eigenvalue weighted by molar-refractivity contribution is 14.0. The maximum Gasteiger partial charge on any atom is 0.191 e. The third-order valence-electron chi connectivity index (χ3n) is 4.13. The molecule has 1 aliphatic heterocycles. The molecule has 0 atom stereocenters. The molecule has 1 aromatic rings. The van der Waals surface area contributed by atoms with Gasteiger partial charge < -0.3 is 15.5 Å². The summed E-state index contributed by atoms with van der Waals surface area (Å²) in [6.07, 6.45) is 3.88.